The molecule has 0 fully saturated rings. The minimum absolute atomic E-state index is 0.806. The van der Waals surface area contributed by atoms with Gasteiger partial charge in [0.05, 0.1) is 17.7 Å². The number of hydrogen-bond donors (Lipinski definition) is 0. The second-order valence-corrected chi connectivity index (χ2v) is 5.72. The molecule has 0 saturated carbocycles. The van der Waals surface area contributed by atoms with Crippen molar-refractivity contribution in [1.82, 2.24) is 14.8 Å². The van der Waals surface area contributed by atoms with E-state index in [9.17, 15) is 0 Å². The van der Waals surface area contributed by atoms with Gasteiger partial charge in [0.15, 0.2) is 11.0 Å². The van der Waals surface area contributed by atoms with E-state index in [0.29, 0.717) is 0 Å². The minimum Gasteiger partial charge on any atom is -0.495 e. The highest BCUT2D eigenvalue weighted by molar-refractivity contribution is 7.98. The highest BCUT2D eigenvalue weighted by Crippen LogP contribution is 2.33. The summed E-state index contributed by atoms with van der Waals surface area (Å²) < 4.78 is 7.50. The van der Waals surface area contributed by atoms with Crippen LogP contribution in [0.2, 0.25) is 0 Å². The smallest absolute Gasteiger partial charge is 0.195 e. The Bertz CT molecular complexity index is 707. The molecule has 3 rings (SSSR count). The number of para-hydroxylation sites is 2. The third kappa shape index (κ3) is 2.21. The van der Waals surface area contributed by atoms with Crippen molar-refractivity contribution < 1.29 is 4.74 Å². The SMILES string of the molecule is COc1ccccc1-n1c(SC)nnc1-c1cccs1. The summed E-state index contributed by atoms with van der Waals surface area (Å²) in [5.41, 5.74) is 0.952. The molecule has 3 aromatic rings. The lowest BCUT2D eigenvalue weighted by molar-refractivity contribution is 0.412. The van der Waals surface area contributed by atoms with E-state index in [2.05, 4.69) is 10.2 Å². The average molecular weight is 303 g/mol. The van der Waals surface area contributed by atoms with Crippen LogP contribution in [0.4, 0.5) is 0 Å². The summed E-state index contributed by atoms with van der Waals surface area (Å²) in [6, 6.07) is 12.0. The van der Waals surface area contributed by atoms with E-state index in [4.69, 9.17) is 4.74 Å². The molecule has 4 nitrogen and oxygen atoms in total. The maximum Gasteiger partial charge on any atom is 0.195 e. The molecule has 0 unspecified atom stereocenters. The monoisotopic (exact) mass is 303 g/mol. The van der Waals surface area contributed by atoms with E-state index in [1.807, 2.05) is 52.6 Å². The van der Waals surface area contributed by atoms with Crippen molar-refractivity contribution in [1.29, 1.82) is 0 Å². The summed E-state index contributed by atoms with van der Waals surface area (Å²) in [5.74, 6) is 1.65. The first kappa shape index (κ1) is 13.2. The predicted octanol–water partition coefficient (Wildman–Crippen LogP) is 3.73. The number of hydrogen-bond acceptors (Lipinski definition) is 5. The molecule has 0 amide bonds. The van der Waals surface area contributed by atoms with Crippen LogP contribution in [0, 0.1) is 0 Å². The Morgan fingerprint density at radius 1 is 1.15 bits per heavy atom. The highest BCUT2D eigenvalue weighted by Gasteiger charge is 2.18. The van der Waals surface area contributed by atoms with Gasteiger partial charge in [-0.2, -0.15) is 0 Å². The Morgan fingerprint density at radius 2 is 2.00 bits per heavy atom. The van der Waals surface area contributed by atoms with E-state index in [1.54, 1.807) is 30.2 Å². The van der Waals surface area contributed by atoms with Gasteiger partial charge < -0.3 is 4.74 Å². The summed E-state index contributed by atoms with van der Waals surface area (Å²) >= 11 is 3.21. The molecular weight excluding hydrogens is 290 g/mol. The maximum atomic E-state index is 5.46. The van der Waals surface area contributed by atoms with Crippen LogP contribution in [0.25, 0.3) is 16.4 Å². The topological polar surface area (TPSA) is 39.9 Å². The van der Waals surface area contributed by atoms with Crippen LogP contribution in [0.1, 0.15) is 0 Å². The number of nitrogens with zero attached hydrogens (tertiary/aromatic N) is 3. The molecule has 0 aliphatic carbocycles. The Labute approximate surface area is 125 Å². The van der Waals surface area contributed by atoms with Crippen molar-refractivity contribution in [2.75, 3.05) is 13.4 Å². The third-order valence-electron chi connectivity index (χ3n) is 2.88. The van der Waals surface area contributed by atoms with Crippen molar-refractivity contribution >= 4 is 23.1 Å². The minimum atomic E-state index is 0.806. The summed E-state index contributed by atoms with van der Waals surface area (Å²) in [5, 5.41) is 11.5. The van der Waals surface area contributed by atoms with Crippen LogP contribution in [-0.2, 0) is 0 Å². The lowest BCUT2D eigenvalue weighted by Crippen LogP contribution is -2.01. The van der Waals surface area contributed by atoms with Crippen LogP contribution < -0.4 is 4.74 Å². The standard InChI is InChI=1S/C14H13N3OS2/c1-18-11-7-4-3-6-10(11)17-13(12-8-5-9-20-12)15-16-14(17)19-2/h3-9H,1-2H3. The van der Waals surface area contributed by atoms with Gasteiger partial charge in [-0.25, -0.2) is 0 Å². The lowest BCUT2D eigenvalue weighted by atomic mass is 10.3. The number of ether oxygens (including phenoxy) is 1. The zero-order valence-electron chi connectivity index (χ0n) is 11.1. The number of benzene rings is 1. The van der Waals surface area contributed by atoms with Gasteiger partial charge >= 0.3 is 0 Å². The fraction of sp³-hybridized carbons (Fsp3) is 0.143. The van der Waals surface area contributed by atoms with Crippen molar-refractivity contribution in [3.8, 4) is 22.1 Å². The molecular formula is C14H13N3OS2. The molecule has 6 heteroatoms. The van der Waals surface area contributed by atoms with Crippen LogP contribution >= 0.6 is 23.1 Å². The Hall–Kier alpha value is -1.79. The first-order valence-corrected chi connectivity index (χ1v) is 8.12. The second-order valence-electron chi connectivity index (χ2n) is 3.99. The lowest BCUT2D eigenvalue weighted by Gasteiger charge is -2.12. The third-order valence-corrected chi connectivity index (χ3v) is 4.38. The number of thioether (sulfide) groups is 1. The van der Waals surface area contributed by atoms with Crippen molar-refractivity contribution in [2.24, 2.45) is 0 Å². The first-order chi connectivity index (χ1) is 9.85. The van der Waals surface area contributed by atoms with E-state index in [0.717, 1.165) is 27.3 Å². The van der Waals surface area contributed by atoms with Gasteiger partial charge in [0.25, 0.3) is 0 Å². The quantitative estimate of drug-likeness (QED) is 0.689. The van der Waals surface area contributed by atoms with Crippen LogP contribution in [0.3, 0.4) is 0 Å². The molecule has 2 heterocycles. The second kappa shape index (κ2) is 5.68. The molecule has 0 radical (unpaired) electrons. The van der Waals surface area contributed by atoms with E-state index in [-0.39, 0.29) is 0 Å². The van der Waals surface area contributed by atoms with E-state index < -0.39 is 0 Å². The van der Waals surface area contributed by atoms with Crippen LogP contribution in [-0.4, -0.2) is 28.1 Å². The molecule has 0 bridgehead atoms. The van der Waals surface area contributed by atoms with Gasteiger partial charge in [-0.05, 0) is 29.8 Å². The Kier molecular flexibility index (Phi) is 3.75. The highest BCUT2D eigenvalue weighted by atomic mass is 32.2. The molecule has 20 heavy (non-hydrogen) atoms. The van der Waals surface area contributed by atoms with Crippen molar-refractivity contribution in [3.05, 3.63) is 41.8 Å². The molecule has 0 N–H and O–H groups in total. The largest absolute Gasteiger partial charge is 0.495 e. The van der Waals surface area contributed by atoms with Gasteiger partial charge in [-0.3, -0.25) is 4.57 Å². The van der Waals surface area contributed by atoms with Gasteiger partial charge in [0, 0.05) is 0 Å². The van der Waals surface area contributed by atoms with Gasteiger partial charge in [-0.1, -0.05) is 30.0 Å². The number of thiophene rings is 1. The number of methoxy groups -OCH3 is 1. The first-order valence-electron chi connectivity index (χ1n) is 6.02. The van der Waals surface area contributed by atoms with Gasteiger partial charge in [-0.15, -0.1) is 21.5 Å². The molecule has 0 atom stereocenters. The molecule has 1 aromatic carbocycles. The van der Waals surface area contributed by atoms with Crippen LogP contribution in [0.15, 0.2) is 46.9 Å². The Morgan fingerprint density at radius 3 is 2.70 bits per heavy atom. The molecule has 0 aliphatic rings. The zero-order valence-corrected chi connectivity index (χ0v) is 12.7. The number of aromatic nitrogens is 3. The molecule has 102 valence electrons. The number of rotatable bonds is 4. The molecule has 0 saturated heterocycles. The normalized spacial score (nSPS) is 10.7. The fourth-order valence-electron chi connectivity index (χ4n) is 2.00. The zero-order chi connectivity index (χ0) is 13.9. The summed E-state index contributed by atoms with van der Waals surface area (Å²) in [7, 11) is 1.67. The molecule has 2 aromatic heterocycles. The van der Waals surface area contributed by atoms with E-state index in [1.165, 1.54) is 0 Å². The average Bonchev–Trinajstić information content (AvgIpc) is 3.15. The van der Waals surface area contributed by atoms with Crippen molar-refractivity contribution in [3.63, 3.8) is 0 Å². The Balaban J connectivity index is 2.24. The molecule has 0 spiro atoms. The predicted molar refractivity (Wildman–Crippen MR) is 83.0 cm³/mol. The van der Waals surface area contributed by atoms with Gasteiger partial charge in [0.2, 0.25) is 0 Å². The van der Waals surface area contributed by atoms with Gasteiger partial charge in [0.1, 0.15) is 5.75 Å². The van der Waals surface area contributed by atoms with Crippen molar-refractivity contribution in [2.45, 2.75) is 5.16 Å². The maximum absolute atomic E-state index is 5.46. The molecule has 0 aliphatic heterocycles. The summed E-state index contributed by atoms with van der Waals surface area (Å²) in [4.78, 5) is 1.09. The van der Waals surface area contributed by atoms with Crippen LogP contribution in [0.5, 0.6) is 5.75 Å². The summed E-state index contributed by atoms with van der Waals surface area (Å²) in [6.45, 7) is 0. The van der Waals surface area contributed by atoms with E-state index >= 15 is 0 Å². The fourth-order valence-corrected chi connectivity index (χ4v) is 3.19. The summed E-state index contributed by atoms with van der Waals surface area (Å²) in [6.07, 6.45) is 1.99.